The third-order valence-electron chi connectivity index (χ3n) is 4.59. The molecule has 1 aromatic heterocycles. The molecule has 0 bridgehead atoms. The summed E-state index contributed by atoms with van der Waals surface area (Å²) in [6, 6.07) is 4.83. The minimum atomic E-state index is -5.00. The molecule has 0 amide bonds. The molecule has 1 aliphatic carbocycles. The van der Waals surface area contributed by atoms with Crippen LogP contribution in [0.2, 0.25) is 0 Å². The van der Waals surface area contributed by atoms with Gasteiger partial charge in [0, 0.05) is 23.4 Å². The fraction of sp³-hybridized carbons (Fsp3) is 0.353. The molecule has 26 heavy (non-hydrogen) atoms. The maximum Gasteiger partial charge on any atom is 0.418 e. The van der Waals surface area contributed by atoms with Crippen LogP contribution in [0.3, 0.4) is 0 Å². The SMILES string of the molecule is CC1Cc2c(c(C(F)(F)F)cn2-c2ccc(C#N)cc2F)C(O)C1(F)F. The van der Waals surface area contributed by atoms with E-state index in [1.54, 1.807) is 6.07 Å². The number of benzene rings is 1. The average molecular weight is 374 g/mol. The van der Waals surface area contributed by atoms with Gasteiger partial charge >= 0.3 is 6.18 Å². The van der Waals surface area contributed by atoms with Crippen LogP contribution < -0.4 is 0 Å². The van der Waals surface area contributed by atoms with Crippen molar-refractivity contribution in [3.8, 4) is 11.8 Å². The van der Waals surface area contributed by atoms with E-state index in [4.69, 9.17) is 5.26 Å². The van der Waals surface area contributed by atoms with E-state index in [1.165, 1.54) is 6.07 Å². The van der Waals surface area contributed by atoms with Gasteiger partial charge in [0.25, 0.3) is 5.92 Å². The van der Waals surface area contributed by atoms with E-state index in [-0.39, 0.29) is 16.9 Å². The zero-order chi connectivity index (χ0) is 19.4. The predicted molar refractivity (Wildman–Crippen MR) is 78.2 cm³/mol. The number of hydrogen-bond donors (Lipinski definition) is 1. The van der Waals surface area contributed by atoms with E-state index in [0.717, 1.165) is 23.6 Å². The van der Waals surface area contributed by atoms with Crippen LogP contribution in [0.1, 0.15) is 35.4 Å². The Balaban J connectivity index is 2.29. The number of halogens is 6. The fourth-order valence-corrected chi connectivity index (χ4v) is 3.18. The number of alkyl halides is 5. The number of aliphatic hydroxyl groups is 1. The summed E-state index contributed by atoms with van der Waals surface area (Å²) >= 11 is 0. The first kappa shape index (κ1) is 18.3. The molecule has 2 aromatic rings. The number of rotatable bonds is 1. The summed E-state index contributed by atoms with van der Waals surface area (Å²) in [7, 11) is 0. The molecular weight excluding hydrogens is 362 g/mol. The van der Waals surface area contributed by atoms with Gasteiger partial charge in [-0.05, 0) is 24.6 Å². The zero-order valence-electron chi connectivity index (χ0n) is 13.3. The highest BCUT2D eigenvalue weighted by atomic mass is 19.4. The van der Waals surface area contributed by atoms with Crippen LogP contribution in [0.15, 0.2) is 24.4 Å². The van der Waals surface area contributed by atoms with Gasteiger partial charge < -0.3 is 9.67 Å². The van der Waals surface area contributed by atoms with Gasteiger partial charge in [0.15, 0.2) is 0 Å². The van der Waals surface area contributed by atoms with Crippen LogP contribution in [0.5, 0.6) is 0 Å². The Morgan fingerprint density at radius 3 is 2.50 bits per heavy atom. The number of aliphatic hydroxyl groups excluding tert-OH is 1. The van der Waals surface area contributed by atoms with Crippen molar-refractivity contribution in [2.45, 2.75) is 31.5 Å². The van der Waals surface area contributed by atoms with Crippen molar-refractivity contribution in [1.29, 1.82) is 5.26 Å². The van der Waals surface area contributed by atoms with Crippen molar-refractivity contribution in [2.24, 2.45) is 5.92 Å². The summed E-state index contributed by atoms with van der Waals surface area (Å²) in [5.74, 6) is -6.17. The molecule has 138 valence electrons. The van der Waals surface area contributed by atoms with Crippen LogP contribution in [-0.4, -0.2) is 15.6 Å². The average Bonchev–Trinajstić information content (AvgIpc) is 2.92. The number of nitrogens with zero attached hydrogens (tertiary/aromatic N) is 2. The molecule has 0 saturated carbocycles. The van der Waals surface area contributed by atoms with Gasteiger partial charge in [0.1, 0.15) is 11.9 Å². The lowest BCUT2D eigenvalue weighted by atomic mass is 9.82. The molecule has 1 heterocycles. The largest absolute Gasteiger partial charge is 0.418 e. The second kappa shape index (κ2) is 5.77. The minimum Gasteiger partial charge on any atom is -0.382 e. The molecule has 2 unspecified atom stereocenters. The van der Waals surface area contributed by atoms with Gasteiger partial charge in [-0.25, -0.2) is 13.2 Å². The van der Waals surface area contributed by atoms with E-state index in [2.05, 4.69) is 0 Å². The van der Waals surface area contributed by atoms with Gasteiger partial charge in [-0.15, -0.1) is 0 Å². The Labute approximate surface area is 144 Å². The molecule has 0 saturated heterocycles. The summed E-state index contributed by atoms with van der Waals surface area (Å²) in [5, 5.41) is 18.7. The summed E-state index contributed by atoms with van der Waals surface area (Å²) < 4.78 is 83.3. The monoisotopic (exact) mass is 374 g/mol. The second-order valence-corrected chi connectivity index (χ2v) is 6.23. The smallest absolute Gasteiger partial charge is 0.382 e. The van der Waals surface area contributed by atoms with Crippen molar-refractivity contribution < 1.29 is 31.4 Å². The summed E-state index contributed by atoms with van der Waals surface area (Å²) in [4.78, 5) is 0. The molecule has 3 rings (SSSR count). The van der Waals surface area contributed by atoms with Gasteiger partial charge in [-0.2, -0.15) is 18.4 Å². The highest BCUT2D eigenvalue weighted by Crippen LogP contribution is 2.50. The fourth-order valence-electron chi connectivity index (χ4n) is 3.18. The lowest BCUT2D eigenvalue weighted by Crippen LogP contribution is -2.40. The van der Waals surface area contributed by atoms with Gasteiger partial charge in [0.05, 0.1) is 22.9 Å². The maximum atomic E-state index is 14.3. The number of fused-ring (bicyclic) bond motifs is 1. The van der Waals surface area contributed by atoms with E-state index < -0.39 is 47.5 Å². The highest BCUT2D eigenvalue weighted by molar-refractivity contribution is 5.49. The van der Waals surface area contributed by atoms with Crippen LogP contribution in [0.25, 0.3) is 5.69 Å². The molecule has 0 aliphatic heterocycles. The van der Waals surface area contributed by atoms with E-state index >= 15 is 0 Å². The van der Waals surface area contributed by atoms with E-state index in [9.17, 15) is 31.4 Å². The van der Waals surface area contributed by atoms with Crippen molar-refractivity contribution in [3.63, 3.8) is 0 Å². The van der Waals surface area contributed by atoms with Crippen LogP contribution in [-0.2, 0) is 12.6 Å². The molecule has 2 atom stereocenters. The first-order valence-electron chi connectivity index (χ1n) is 7.55. The van der Waals surface area contributed by atoms with E-state index in [0.29, 0.717) is 6.20 Å². The minimum absolute atomic E-state index is 0.0387. The number of aromatic nitrogens is 1. The van der Waals surface area contributed by atoms with Crippen LogP contribution in [0.4, 0.5) is 26.3 Å². The van der Waals surface area contributed by atoms with Crippen molar-refractivity contribution >= 4 is 0 Å². The van der Waals surface area contributed by atoms with Crippen molar-refractivity contribution in [1.82, 2.24) is 4.57 Å². The Kier molecular flexibility index (Phi) is 4.07. The number of hydrogen-bond acceptors (Lipinski definition) is 2. The Morgan fingerprint density at radius 2 is 1.96 bits per heavy atom. The predicted octanol–water partition coefficient (Wildman–Crippen LogP) is 4.37. The Bertz CT molecular complexity index is 909. The molecule has 0 spiro atoms. The maximum absolute atomic E-state index is 14.3. The van der Waals surface area contributed by atoms with Crippen LogP contribution >= 0.6 is 0 Å². The van der Waals surface area contributed by atoms with Crippen molar-refractivity contribution in [2.75, 3.05) is 0 Å². The second-order valence-electron chi connectivity index (χ2n) is 6.23. The first-order valence-corrected chi connectivity index (χ1v) is 7.55. The van der Waals surface area contributed by atoms with Gasteiger partial charge in [0.2, 0.25) is 0 Å². The van der Waals surface area contributed by atoms with Crippen LogP contribution in [0, 0.1) is 23.1 Å². The van der Waals surface area contributed by atoms with E-state index in [1.807, 2.05) is 0 Å². The Hall–Kier alpha value is -2.47. The molecule has 1 N–H and O–H groups in total. The lowest BCUT2D eigenvalue weighted by molar-refractivity contribution is -0.162. The standard InChI is InChI=1S/C17H12F6N2O/c1-8-4-13-14(15(26)16(8,19)20)10(17(21,22)23)7-25(13)12-3-2-9(6-24)5-11(12)18/h2-3,5,7-8,15,26H,4H2,1H3. The molecule has 1 aliphatic rings. The molecule has 3 nitrogen and oxygen atoms in total. The lowest BCUT2D eigenvalue weighted by Gasteiger charge is -2.34. The Morgan fingerprint density at radius 1 is 1.31 bits per heavy atom. The zero-order valence-corrected chi connectivity index (χ0v) is 13.3. The topological polar surface area (TPSA) is 49.0 Å². The summed E-state index contributed by atoms with van der Waals surface area (Å²) in [6.45, 7) is 1.10. The normalized spacial score (nSPS) is 22.0. The summed E-state index contributed by atoms with van der Waals surface area (Å²) in [6.07, 6.45) is -7.63. The molecule has 0 fully saturated rings. The third kappa shape index (κ3) is 2.65. The molecule has 0 radical (unpaired) electrons. The van der Waals surface area contributed by atoms with Crippen molar-refractivity contribution in [3.05, 3.63) is 52.6 Å². The molecule has 1 aromatic carbocycles. The highest BCUT2D eigenvalue weighted by Gasteiger charge is 2.54. The number of nitriles is 1. The quantitative estimate of drug-likeness (QED) is 0.754. The molecule has 9 heteroatoms. The summed E-state index contributed by atoms with van der Waals surface area (Å²) in [5.41, 5.74) is -2.96. The first-order chi connectivity index (χ1) is 12.0. The van der Waals surface area contributed by atoms with Gasteiger partial charge in [-0.3, -0.25) is 0 Å². The third-order valence-corrected chi connectivity index (χ3v) is 4.59. The van der Waals surface area contributed by atoms with Gasteiger partial charge in [-0.1, -0.05) is 6.92 Å². The molecular formula is C17H12F6N2O.